The topological polar surface area (TPSA) is 65.4 Å². The molecule has 0 aliphatic carbocycles. The molecule has 5 heterocycles. The highest BCUT2D eigenvalue weighted by Gasteiger charge is 2.44. The summed E-state index contributed by atoms with van der Waals surface area (Å²) in [7, 11) is 0. The van der Waals surface area contributed by atoms with Crippen molar-refractivity contribution in [3.8, 4) is 0 Å². The Morgan fingerprint density at radius 1 is 1.14 bits per heavy atom. The summed E-state index contributed by atoms with van der Waals surface area (Å²) in [6, 6.07) is 9.44. The fourth-order valence-electron chi connectivity index (χ4n) is 6.88. The first-order valence-electron chi connectivity index (χ1n) is 15.3. The minimum atomic E-state index is -4.63. The predicted molar refractivity (Wildman–Crippen MR) is 159 cm³/mol. The van der Waals surface area contributed by atoms with E-state index in [1.54, 1.807) is 17.0 Å². The lowest BCUT2D eigenvalue weighted by atomic mass is 9.90. The Morgan fingerprint density at radius 3 is 2.59 bits per heavy atom. The number of halogens is 4. The van der Waals surface area contributed by atoms with Crippen LogP contribution >= 0.6 is 0 Å². The number of rotatable bonds is 6. The summed E-state index contributed by atoms with van der Waals surface area (Å²) in [4.78, 5) is 20.5. The molecule has 8 nitrogen and oxygen atoms in total. The van der Waals surface area contributed by atoms with Gasteiger partial charge in [-0.3, -0.25) is 14.6 Å². The van der Waals surface area contributed by atoms with E-state index in [-0.39, 0.29) is 31.0 Å². The second-order valence-corrected chi connectivity index (χ2v) is 13.2. The molecule has 0 bridgehead atoms. The largest absolute Gasteiger partial charge is 0.435 e. The summed E-state index contributed by atoms with van der Waals surface area (Å²) < 4.78 is 62.3. The van der Waals surface area contributed by atoms with Crippen LogP contribution in [-0.4, -0.2) is 95.9 Å². The third kappa shape index (κ3) is 6.09. The first kappa shape index (κ1) is 30.9. The van der Waals surface area contributed by atoms with Crippen molar-refractivity contribution in [2.24, 2.45) is 0 Å². The molecule has 0 spiro atoms. The van der Waals surface area contributed by atoms with Crippen LogP contribution in [0.1, 0.15) is 50.2 Å². The summed E-state index contributed by atoms with van der Waals surface area (Å²) in [6.07, 6.45) is -4.37. The second kappa shape index (κ2) is 11.7. The maximum absolute atomic E-state index is 14.2. The van der Waals surface area contributed by atoms with Crippen LogP contribution in [0, 0.1) is 5.82 Å². The zero-order chi connectivity index (χ0) is 31.4. The molecule has 2 saturated heterocycles. The highest BCUT2D eigenvalue weighted by molar-refractivity contribution is 5.98. The number of carbonyl (C=O) groups excluding carboxylic acids is 1. The van der Waals surface area contributed by atoms with E-state index in [0.717, 1.165) is 31.3 Å². The van der Waals surface area contributed by atoms with Crippen molar-refractivity contribution >= 4 is 17.1 Å². The van der Waals surface area contributed by atoms with Gasteiger partial charge in [-0.05, 0) is 55.7 Å². The van der Waals surface area contributed by atoms with E-state index in [9.17, 15) is 22.4 Å². The van der Waals surface area contributed by atoms with Crippen molar-refractivity contribution in [1.29, 1.82) is 0 Å². The Bertz CT molecular complexity index is 1520. The van der Waals surface area contributed by atoms with Crippen LogP contribution in [0.2, 0.25) is 0 Å². The molecule has 1 N–H and O–H groups in total. The number of fused-ring (bicyclic) bond motifs is 3. The lowest BCUT2D eigenvalue weighted by Gasteiger charge is -2.43. The first-order chi connectivity index (χ1) is 20.8. The van der Waals surface area contributed by atoms with E-state index in [4.69, 9.17) is 4.74 Å². The number of amides is 1. The number of hydrogen-bond acceptors (Lipinski definition) is 6. The normalized spacial score (nSPS) is 24.6. The van der Waals surface area contributed by atoms with E-state index < -0.39 is 23.1 Å². The molecule has 12 heteroatoms. The number of alkyl halides is 3. The van der Waals surface area contributed by atoms with Crippen LogP contribution in [0.4, 0.5) is 23.2 Å². The molecule has 238 valence electrons. The minimum absolute atomic E-state index is 0.0961. The number of carbonyl (C=O) groups is 1. The van der Waals surface area contributed by atoms with Gasteiger partial charge in [0.1, 0.15) is 5.82 Å². The molecule has 3 aliphatic heterocycles. The van der Waals surface area contributed by atoms with Crippen molar-refractivity contribution in [2.75, 3.05) is 57.4 Å². The van der Waals surface area contributed by atoms with Gasteiger partial charge in [-0.1, -0.05) is 26.0 Å². The molecule has 1 aromatic carbocycles. The van der Waals surface area contributed by atoms with Gasteiger partial charge >= 0.3 is 6.18 Å². The lowest BCUT2D eigenvalue weighted by molar-refractivity contribution is -0.141. The first-order valence-corrected chi connectivity index (χ1v) is 15.3. The molecule has 2 aromatic heterocycles. The van der Waals surface area contributed by atoms with E-state index in [1.165, 1.54) is 16.6 Å². The Hall–Kier alpha value is -3.06. The molecule has 44 heavy (non-hydrogen) atoms. The average molecular weight is 617 g/mol. The van der Waals surface area contributed by atoms with Crippen LogP contribution in [0.15, 0.2) is 36.4 Å². The number of aromatic nitrogens is 2. The predicted octanol–water partition coefficient (Wildman–Crippen LogP) is 4.09. The van der Waals surface area contributed by atoms with E-state index in [1.807, 2.05) is 19.9 Å². The summed E-state index contributed by atoms with van der Waals surface area (Å²) in [5.41, 5.74) is 1.18. The third-order valence-corrected chi connectivity index (χ3v) is 9.20. The number of anilines is 1. The SMILES string of the molecule is C[C@@H]1CN(CC(=O)N2CC(C)(C)c3c2cc(Cc2ccc(F)cc2)c2cc(C(F)(F)F)nn32)[C@@H](CN2CCOC[C@H]2C)CN1. The number of pyridine rings is 1. The fourth-order valence-corrected chi connectivity index (χ4v) is 6.88. The number of piperazine rings is 1. The van der Waals surface area contributed by atoms with E-state index >= 15 is 0 Å². The van der Waals surface area contributed by atoms with Crippen LogP contribution < -0.4 is 10.2 Å². The van der Waals surface area contributed by atoms with Crippen molar-refractivity contribution in [1.82, 2.24) is 24.7 Å². The van der Waals surface area contributed by atoms with Gasteiger partial charge in [0.05, 0.1) is 36.7 Å². The van der Waals surface area contributed by atoms with Crippen molar-refractivity contribution < 1.29 is 27.1 Å². The van der Waals surface area contributed by atoms with Gasteiger partial charge in [0.25, 0.3) is 0 Å². The van der Waals surface area contributed by atoms with Crippen LogP contribution in [0.3, 0.4) is 0 Å². The Morgan fingerprint density at radius 2 is 1.89 bits per heavy atom. The Kier molecular flexibility index (Phi) is 8.23. The monoisotopic (exact) mass is 616 g/mol. The Labute approximate surface area is 254 Å². The van der Waals surface area contributed by atoms with Crippen LogP contribution in [0.25, 0.3) is 5.52 Å². The molecular weight excluding hydrogens is 576 g/mol. The molecule has 6 rings (SSSR count). The van der Waals surface area contributed by atoms with Gasteiger partial charge in [-0.15, -0.1) is 0 Å². The van der Waals surface area contributed by atoms with Crippen LogP contribution in [-0.2, 0) is 27.5 Å². The summed E-state index contributed by atoms with van der Waals surface area (Å²) in [5.74, 6) is -0.486. The molecule has 3 aliphatic rings. The van der Waals surface area contributed by atoms with Gasteiger partial charge in [-0.2, -0.15) is 18.3 Å². The molecule has 0 radical (unpaired) electrons. The number of hydrogen-bond donors (Lipinski definition) is 1. The van der Waals surface area contributed by atoms with Gasteiger partial charge < -0.3 is 15.0 Å². The molecule has 3 aromatic rings. The number of morpholine rings is 1. The molecule has 0 unspecified atom stereocenters. The highest BCUT2D eigenvalue weighted by atomic mass is 19.4. The van der Waals surface area contributed by atoms with Crippen molar-refractivity contribution in [3.05, 3.63) is 64.7 Å². The average Bonchev–Trinajstić information content (AvgIpc) is 3.52. The second-order valence-electron chi connectivity index (χ2n) is 13.2. The van der Waals surface area contributed by atoms with Crippen molar-refractivity contribution in [2.45, 2.75) is 63.8 Å². The standard InChI is InChI=1S/C32H40F4N6O2/c1-20-15-40(25(14-37-20)16-39-9-10-44-18-21(39)2)17-29(43)41-19-31(3,4)30-27(41)12-23(11-22-5-7-24(33)8-6-22)26-13-28(32(34,35)36)38-42(26)30/h5-8,12-13,20-21,25,37H,9-11,14-19H2,1-4H3/t20-,21-,25-/m1/s1. The maximum atomic E-state index is 14.2. The molecule has 1 amide bonds. The number of nitrogens with zero attached hydrogens (tertiary/aromatic N) is 5. The number of ether oxygens (including phenoxy) is 1. The van der Waals surface area contributed by atoms with Crippen molar-refractivity contribution in [3.63, 3.8) is 0 Å². The molecular formula is C32H40F4N6O2. The Balaban J connectivity index is 1.34. The molecule has 3 atom stereocenters. The summed E-state index contributed by atoms with van der Waals surface area (Å²) in [6.45, 7) is 13.2. The van der Waals surface area contributed by atoms with Gasteiger partial charge in [0, 0.05) is 56.3 Å². The van der Waals surface area contributed by atoms with Gasteiger partial charge in [0.15, 0.2) is 5.69 Å². The van der Waals surface area contributed by atoms with Crippen LogP contribution in [0.5, 0.6) is 0 Å². The summed E-state index contributed by atoms with van der Waals surface area (Å²) >= 11 is 0. The third-order valence-electron chi connectivity index (χ3n) is 9.20. The highest BCUT2D eigenvalue weighted by Crippen LogP contribution is 2.43. The quantitative estimate of drug-likeness (QED) is 0.421. The fraction of sp³-hybridized carbons (Fsp3) is 0.562. The zero-order valence-electron chi connectivity index (χ0n) is 25.6. The minimum Gasteiger partial charge on any atom is -0.379 e. The number of benzene rings is 1. The molecule has 2 fully saturated rings. The maximum Gasteiger partial charge on any atom is 0.435 e. The van der Waals surface area contributed by atoms with Gasteiger partial charge in [0.2, 0.25) is 5.91 Å². The van der Waals surface area contributed by atoms with Gasteiger partial charge in [-0.25, -0.2) is 8.91 Å². The lowest BCUT2D eigenvalue weighted by Crippen LogP contribution is -2.62. The molecule has 0 saturated carbocycles. The smallest absolute Gasteiger partial charge is 0.379 e. The zero-order valence-corrected chi connectivity index (χ0v) is 25.6. The van der Waals surface area contributed by atoms with E-state index in [2.05, 4.69) is 34.1 Å². The van der Waals surface area contributed by atoms with E-state index in [0.29, 0.717) is 54.8 Å². The number of nitrogens with one attached hydrogen (secondary N) is 1. The summed E-state index contributed by atoms with van der Waals surface area (Å²) in [5, 5.41) is 7.59.